The number of anilines is 1. The van der Waals surface area contributed by atoms with Crippen LogP contribution in [0.3, 0.4) is 0 Å². The molecular weight excluding hydrogens is 316 g/mol. The Hall–Kier alpha value is -2.80. The number of aromatic nitrogens is 4. The van der Waals surface area contributed by atoms with Gasteiger partial charge in [-0.15, -0.1) is 0 Å². The Bertz CT molecular complexity index is 829. The number of pyridine rings is 1. The molecule has 0 radical (unpaired) electrons. The number of nitrogens with zero attached hydrogens (tertiary/aromatic N) is 5. The fourth-order valence-corrected chi connectivity index (χ4v) is 3.26. The fourth-order valence-electron chi connectivity index (χ4n) is 3.26. The topological polar surface area (TPSA) is 75.4 Å². The maximum Gasteiger partial charge on any atom is 0.233 e. The minimum absolute atomic E-state index is 0.0223. The number of fused-ring (bicyclic) bond motifs is 1. The van der Waals surface area contributed by atoms with E-state index in [1.54, 1.807) is 12.4 Å². The molecule has 1 aliphatic rings. The van der Waals surface area contributed by atoms with Gasteiger partial charge >= 0.3 is 0 Å². The van der Waals surface area contributed by atoms with E-state index >= 15 is 0 Å². The third kappa shape index (κ3) is 3.66. The molecular formula is C18H20N6O. The number of imidazole rings is 1. The molecule has 1 amide bonds. The van der Waals surface area contributed by atoms with Crippen LogP contribution in [0.4, 0.5) is 5.82 Å². The maximum atomic E-state index is 12.5. The lowest BCUT2D eigenvalue weighted by Crippen LogP contribution is -2.40. The molecule has 25 heavy (non-hydrogen) atoms. The zero-order valence-electron chi connectivity index (χ0n) is 13.9. The predicted octanol–water partition coefficient (Wildman–Crippen LogP) is 1.97. The average molecular weight is 336 g/mol. The summed E-state index contributed by atoms with van der Waals surface area (Å²) in [5.74, 6) is 1.33. The van der Waals surface area contributed by atoms with Crippen LogP contribution in [0.1, 0.15) is 18.5 Å². The molecule has 3 aromatic rings. The van der Waals surface area contributed by atoms with E-state index in [9.17, 15) is 4.79 Å². The van der Waals surface area contributed by atoms with Crippen molar-refractivity contribution in [3.8, 4) is 0 Å². The van der Waals surface area contributed by atoms with Gasteiger partial charge in [-0.3, -0.25) is 14.1 Å². The number of likely N-dealkylation sites (tertiary alicyclic amines) is 1. The molecule has 0 bridgehead atoms. The van der Waals surface area contributed by atoms with E-state index in [4.69, 9.17) is 0 Å². The molecule has 0 spiro atoms. The summed E-state index contributed by atoms with van der Waals surface area (Å²) in [5, 5.41) is 2.91. The Morgan fingerprint density at radius 1 is 1.24 bits per heavy atom. The lowest BCUT2D eigenvalue weighted by atomic mass is 9.97. The van der Waals surface area contributed by atoms with Crippen LogP contribution in [0.2, 0.25) is 0 Å². The molecule has 1 N–H and O–H groups in total. The van der Waals surface area contributed by atoms with Gasteiger partial charge in [0.25, 0.3) is 0 Å². The summed E-state index contributed by atoms with van der Waals surface area (Å²) in [6.45, 7) is 2.45. The fraction of sp³-hybridized carbons (Fsp3) is 0.333. The minimum atomic E-state index is -0.0223. The minimum Gasteiger partial charge on any atom is -0.310 e. The molecule has 1 fully saturated rings. The van der Waals surface area contributed by atoms with Crippen LogP contribution in [0, 0.1) is 5.92 Å². The van der Waals surface area contributed by atoms with Gasteiger partial charge in [0, 0.05) is 37.9 Å². The number of rotatable bonds is 4. The summed E-state index contributed by atoms with van der Waals surface area (Å²) in [6.07, 6.45) is 9.27. The molecule has 128 valence electrons. The van der Waals surface area contributed by atoms with Crippen molar-refractivity contribution in [2.24, 2.45) is 5.92 Å². The van der Waals surface area contributed by atoms with Crippen molar-refractivity contribution in [3.05, 3.63) is 54.7 Å². The quantitative estimate of drug-likeness (QED) is 0.788. The Kier molecular flexibility index (Phi) is 4.39. The summed E-state index contributed by atoms with van der Waals surface area (Å²) < 4.78 is 1.92. The Balaban J connectivity index is 1.39. The highest BCUT2D eigenvalue weighted by Gasteiger charge is 2.26. The number of nitrogens with one attached hydrogen (secondary N) is 1. The maximum absolute atomic E-state index is 12.5. The van der Waals surface area contributed by atoms with Crippen molar-refractivity contribution in [1.82, 2.24) is 24.3 Å². The van der Waals surface area contributed by atoms with Gasteiger partial charge in [0.2, 0.25) is 11.7 Å². The number of piperidine rings is 1. The van der Waals surface area contributed by atoms with Crippen molar-refractivity contribution < 1.29 is 4.79 Å². The monoisotopic (exact) mass is 336 g/mol. The second-order valence-electron chi connectivity index (χ2n) is 6.34. The normalized spacial score (nSPS) is 18.3. The molecule has 0 saturated carbocycles. The molecule has 1 saturated heterocycles. The lowest BCUT2D eigenvalue weighted by Gasteiger charge is -2.31. The number of carbonyl (C=O) groups excluding carboxylic acids is 1. The van der Waals surface area contributed by atoms with Gasteiger partial charge < -0.3 is 5.32 Å². The smallest absolute Gasteiger partial charge is 0.233 e. The van der Waals surface area contributed by atoms with Crippen LogP contribution in [-0.2, 0) is 11.3 Å². The predicted molar refractivity (Wildman–Crippen MR) is 93.9 cm³/mol. The third-order valence-corrected chi connectivity index (χ3v) is 4.46. The zero-order chi connectivity index (χ0) is 17.1. The van der Waals surface area contributed by atoms with Crippen molar-refractivity contribution in [1.29, 1.82) is 0 Å². The summed E-state index contributed by atoms with van der Waals surface area (Å²) in [7, 11) is 0. The highest BCUT2D eigenvalue weighted by Crippen LogP contribution is 2.20. The number of hydrogen-bond donors (Lipinski definition) is 1. The first-order chi connectivity index (χ1) is 12.3. The van der Waals surface area contributed by atoms with Gasteiger partial charge in [-0.05, 0) is 37.6 Å². The van der Waals surface area contributed by atoms with Crippen LogP contribution in [0.5, 0.6) is 0 Å². The van der Waals surface area contributed by atoms with Crippen molar-refractivity contribution >= 4 is 17.5 Å². The van der Waals surface area contributed by atoms with Crippen LogP contribution in [-0.4, -0.2) is 43.2 Å². The van der Waals surface area contributed by atoms with Gasteiger partial charge in [0.1, 0.15) is 5.82 Å². The second kappa shape index (κ2) is 6.98. The Morgan fingerprint density at radius 2 is 2.16 bits per heavy atom. The highest BCUT2D eigenvalue weighted by atomic mass is 16.2. The molecule has 0 aliphatic carbocycles. The van der Waals surface area contributed by atoms with Gasteiger partial charge in [-0.25, -0.2) is 15.0 Å². The summed E-state index contributed by atoms with van der Waals surface area (Å²) >= 11 is 0. The summed E-state index contributed by atoms with van der Waals surface area (Å²) in [5.41, 5.74) is 0.976. The van der Waals surface area contributed by atoms with E-state index in [0.29, 0.717) is 11.6 Å². The molecule has 1 aliphatic heterocycles. The standard InChI is InChI=1S/C18H20N6O/c25-17(22-16-6-1-2-7-19-16)14-5-3-9-23(11-14)12-15-13-24-10-4-8-20-18(24)21-15/h1-2,4,6-8,10,13-14H,3,5,9,11-12H2,(H,19,22,25). The summed E-state index contributed by atoms with van der Waals surface area (Å²) in [6, 6.07) is 7.40. The van der Waals surface area contributed by atoms with E-state index in [1.165, 1.54) is 0 Å². The second-order valence-corrected chi connectivity index (χ2v) is 6.34. The molecule has 0 aromatic carbocycles. The first kappa shape index (κ1) is 15.7. The van der Waals surface area contributed by atoms with Crippen molar-refractivity contribution in [2.75, 3.05) is 18.4 Å². The number of hydrogen-bond acceptors (Lipinski definition) is 5. The Morgan fingerprint density at radius 3 is 3.00 bits per heavy atom. The van der Waals surface area contributed by atoms with E-state index < -0.39 is 0 Å². The van der Waals surface area contributed by atoms with Crippen molar-refractivity contribution in [2.45, 2.75) is 19.4 Å². The molecule has 4 rings (SSSR count). The largest absolute Gasteiger partial charge is 0.310 e. The third-order valence-electron chi connectivity index (χ3n) is 4.46. The van der Waals surface area contributed by atoms with Gasteiger partial charge in [0.15, 0.2) is 0 Å². The molecule has 7 heteroatoms. The van der Waals surface area contributed by atoms with Crippen molar-refractivity contribution in [3.63, 3.8) is 0 Å². The lowest BCUT2D eigenvalue weighted by molar-refractivity contribution is -0.121. The first-order valence-electron chi connectivity index (χ1n) is 8.51. The van der Waals surface area contributed by atoms with Gasteiger partial charge in [-0.1, -0.05) is 6.07 Å². The molecule has 7 nitrogen and oxygen atoms in total. The van der Waals surface area contributed by atoms with E-state index in [1.807, 2.05) is 41.1 Å². The average Bonchev–Trinajstić information content (AvgIpc) is 3.05. The molecule has 3 aromatic heterocycles. The number of carbonyl (C=O) groups is 1. The summed E-state index contributed by atoms with van der Waals surface area (Å²) in [4.78, 5) is 27.7. The van der Waals surface area contributed by atoms with E-state index in [-0.39, 0.29) is 11.8 Å². The molecule has 4 heterocycles. The molecule has 1 atom stereocenters. The first-order valence-corrected chi connectivity index (χ1v) is 8.51. The number of amides is 1. The van der Waals surface area contributed by atoms with Crippen LogP contribution >= 0.6 is 0 Å². The van der Waals surface area contributed by atoms with Gasteiger partial charge in [0.05, 0.1) is 11.6 Å². The van der Waals surface area contributed by atoms with Gasteiger partial charge in [-0.2, -0.15) is 0 Å². The molecule has 1 unspecified atom stereocenters. The van der Waals surface area contributed by atoms with E-state index in [2.05, 4.69) is 25.2 Å². The SMILES string of the molecule is O=C(Nc1ccccn1)C1CCCN(Cc2cn3cccnc3n2)C1. The van der Waals surface area contributed by atoms with Crippen LogP contribution in [0.15, 0.2) is 49.1 Å². The zero-order valence-corrected chi connectivity index (χ0v) is 13.9. The highest BCUT2D eigenvalue weighted by molar-refractivity contribution is 5.91. The van der Waals surface area contributed by atoms with E-state index in [0.717, 1.165) is 38.2 Å². The van der Waals surface area contributed by atoms with Crippen LogP contribution < -0.4 is 5.32 Å². The van der Waals surface area contributed by atoms with Crippen LogP contribution in [0.25, 0.3) is 5.78 Å². The Labute approximate surface area is 145 Å².